The minimum absolute atomic E-state index is 0. The molecule has 2 aliphatic carbocycles. The van der Waals surface area contributed by atoms with Crippen LogP contribution in [-0.2, 0) is 4.79 Å². The number of guanidine groups is 1. The molecule has 0 atom stereocenters. The lowest BCUT2D eigenvalue weighted by Gasteiger charge is -2.36. The fourth-order valence-electron chi connectivity index (χ4n) is 4.01. The third-order valence-electron chi connectivity index (χ3n) is 5.90. The van der Waals surface area contributed by atoms with E-state index in [1.54, 1.807) is 0 Å². The molecule has 8 heteroatoms. The van der Waals surface area contributed by atoms with Crippen molar-refractivity contribution in [3.05, 3.63) is 0 Å². The maximum absolute atomic E-state index is 12.7. The third kappa shape index (κ3) is 6.66. The van der Waals surface area contributed by atoms with Crippen LogP contribution in [0, 0.1) is 5.92 Å². The van der Waals surface area contributed by atoms with E-state index in [9.17, 15) is 9.90 Å². The van der Waals surface area contributed by atoms with Gasteiger partial charge in [-0.3, -0.25) is 9.79 Å². The number of nitrogens with zero attached hydrogens (tertiary/aromatic N) is 2. The van der Waals surface area contributed by atoms with Crippen LogP contribution in [0.2, 0.25) is 0 Å². The van der Waals surface area contributed by atoms with Gasteiger partial charge in [0.1, 0.15) is 0 Å². The van der Waals surface area contributed by atoms with Crippen LogP contribution >= 0.6 is 35.7 Å². The molecular weight excluding hydrogens is 475 g/mol. The summed E-state index contributed by atoms with van der Waals surface area (Å²) in [5.41, 5.74) is -0.584. The van der Waals surface area contributed by atoms with Gasteiger partial charge in [0.15, 0.2) is 5.96 Å². The van der Waals surface area contributed by atoms with Crippen LogP contribution in [-0.4, -0.2) is 71.2 Å². The second-order valence-electron chi connectivity index (χ2n) is 7.90. The van der Waals surface area contributed by atoms with Gasteiger partial charge in [0, 0.05) is 43.1 Å². The summed E-state index contributed by atoms with van der Waals surface area (Å²) in [5.74, 6) is 3.54. The molecule has 3 aliphatic rings. The highest BCUT2D eigenvalue weighted by Gasteiger charge is 2.34. The van der Waals surface area contributed by atoms with Crippen molar-refractivity contribution in [1.82, 2.24) is 15.5 Å². The number of halogens is 1. The lowest BCUT2D eigenvalue weighted by Crippen LogP contribution is -2.48. The highest BCUT2D eigenvalue weighted by Crippen LogP contribution is 2.31. The van der Waals surface area contributed by atoms with Gasteiger partial charge >= 0.3 is 0 Å². The van der Waals surface area contributed by atoms with Crippen LogP contribution in [0.5, 0.6) is 0 Å². The minimum Gasteiger partial charge on any atom is -0.388 e. The Labute approximate surface area is 184 Å². The molecule has 0 bridgehead atoms. The molecular formula is C19H35IN4O2S. The predicted molar refractivity (Wildman–Crippen MR) is 123 cm³/mol. The number of hydrogen-bond donors (Lipinski definition) is 3. The van der Waals surface area contributed by atoms with Gasteiger partial charge in [-0.05, 0) is 51.9 Å². The molecule has 0 spiro atoms. The highest BCUT2D eigenvalue weighted by atomic mass is 127. The molecule has 3 N–H and O–H groups in total. The van der Waals surface area contributed by atoms with E-state index in [4.69, 9.17) is 0 Å². The summed E-state index contributed by atoms with van der Waals surface area (Å²) in [5, 5.41) is 17.0. The molecule has 1 aliphatic heterocycles. The largest absolute Gasteiger partial charge is 0.388 e. The van der Waals surface area contributed by atoms with Crippen LogP contribution in [0.4, 0.5) is 0 Å². The Morgan fingerprint density at radius 2 is 1.89 bits per heavy atom. The van der Waals surface area contributed by atoms with E-state index >= 15 is 0 Å². The highest BCUT2D eigenvalue weighted by molar-refractivity contribution is 14.0. The summed E-state index contributed by atoms with van der Waals surface area (Å²) in [7, 11) is 0. The molecule has 3 fully saturated rings. The van der Waals surface area contributed by atoms with E-state index in [0.717, 1.165) is 82.0 Å². The first-order valence-electron chi connectivity index (χ1n) is 10.2. The van der Waals surface area contributed by atoms with Gasteiger partial charge in [0.2, 0.25) is 5.91 Å². The maximum atomic E-state index is 12.7. The Morgan fingerprint density at radius 1 is 1.22 bits per heavy atom. The van der Waals surface area contributed by atoms with Gasteiger partial charge in [0.05, 0.1) is 12.1 Å². The number of aliphatic hydroxyl groups is 1. The van der Waals surface area contributed by atoms with Gasteiger partial charge < -0.3 is 20.6 Å². The molecule has 1 saturated heterocycles. The number of carbonyl (C=O) groups is 1. The first-order chi connectivity index (χ1) is 12.6. The summed E-state index contributed by atoms with van der Waals surface area (Å²) < 4.78 is 0. The fraction of sp³-hybridized carbons (Fsp3) is 0.895. The zero-order valence-corrected chi connectivity index (χ0v) is 19.6. The first-order valence-corrected chi connectivity index (χ1v) is 11.4. The van der Waals surface area contributed by atoms with E-state index in [-0.39, 0.29) is 29.9 Å². The number of rotatable bonds is 5. The summed E-state index contributed by atoms with van der Waals surface area (Å²) in [6.07, 6.45) is 6.76. The summed E-state index contributed by atoms with van der Waals surface area (Å²) in [6, 6.07) is 0.366. The van der Waals surface area contributed by atoms with Crippen molar-refractivity contribution >= 4 is 47.6 Å². The summed E-state index contributed by atoms with van der Waals surface area (Å²) in [6.45, 7) is 5.18. The number of hydrogen-bond acceptors (Lipinski definition) is 4. The van der Waals surface area contributed by atoms with E-state index in [2.05, 4.69) is 27.4 Å². The smallest absolute Gasteiger partial charge is 0.225 e. The zero-order chi connectivity index (χ0) is 18.4. The Balaban J connectivity index is 0.00000261. The predicted octanol–water partition coefficient (Wildman–Crippen LogP) is 2.21. The molecule has 0 aromatic heterocycles. The van der Waals surface area contributed by atoms with Gasteiger partial charge in [-0.1, -0.05) is 0 Å². The molecule has 2 saturated carbocycles. The van der Waals surface area contributed by atoms with Gasteiger partial charge in [-0.25, -0.2) is 0 Å². The molecule has 1 heterocycles. The van der Waals surface area contributed by atoms with Crippen LogP contribution < -0.4 is 10.6 Å². The molecule has 6 nitrogen and oxygen atoms in total. The Morgan fingerprint density at radius 3 is 2.44 bits per heavy atom. The second kappa shape index (κ2) is 11.1. The number of aliphatic imine (C=N–C) groups is 1. The average Bonchev–Trinajstić information content (AvgIpc) is 2.65. The minimum atomic E-state index is -0.584. The molecule has 1 amide bonds. The van der Waals surface area contributed by atoms with Crippen LogP contribution in [0.3, 0.4) is 0 Å². The number of thioether (sulfide) groups is 1. The zero-order valence-electron chi connectivity index (χ0n) is 16.4. The van der Waals surface area contributed by atoms with E-state index in [0.29, 0.717) is 18.5 Å². The molecule has 3 rings (SSSR count). The normalized spacial score (nSPS) is 27.9. The second-order valence-corrected chi connectivity index (χ2v) is 9.13. The number of nitrogens with one attached hydrogen (secondary N) is 2. The van der Waals surface area contributed by atoms with Crippen molar-refractivity contribution in [2.75, 3.05) is 37.7 Å². The lowest BCUT2D eigenvalue weighted by molar-refractivity contribution is -0.136. The SMILES string of the molecule is CCNC(=NCC1(O)CCC1)NC1CCC(C(=O)N2CCSCC2)CC1.I. The standard InChI is InChI=1S/C19H34N4O2S.HI/c1-2-20-18(21-14-19(25)8-3-9-19)22-16-6-4-15(5-7-16)17(24)23-10-12-26-13-11-23;/h15-16,25H,2-14H2,1H3,(H2,20,21,22);1H. The molecule has 0 aromatic carbocycles. The Kier molecular flexibility index (Phi) is 9.47. The monoisotopic (exact) mass is 510 g/mol. The van der Waals surface area contributed by atoms with E-state index in [1.165, 1.54) is 0 Å². The molecule has 0 unspecified atom stereocenters. The fourth-order valence-corrected chi connectivity index (χ4v) is 4.91. The Bertz CT molecular complexity index is 502. The molecule has 0 aromatic rings. The van der Waals surface area contributed by atoms with Crippen molar-refractivity contribution < 1.29 is 9.90 Å². The lowest BCUT2D eigenvalue weighted by atomic mass is 9.80. The first kappa shape index (κ1) is 23.1. The van der Waals surface area contributed by atoms with Crippen molar-refractivity contribution in [3.8, 4) is 0 Å². The average molecular weight is 510 g/mol. The van der Waals surface area contributed by atoms with Crippen LogP contribution in [0.15, 0.2) is 4.99 Å². The van der Waals surface area contributed by atoms with Crippen molar-refractivity contribution in [2.24, 2.45) is 10.9 Å². The van der Waals surface area contributed by atoms with Crippen molar-refractivity contribution in [2.45, 2.75) is 63.5 Å². The van der Waals surface area contributed by atoms with Crippen molar-refractivity contribution in [3.63, 3.8) is 0 Å². The Hall–Kier alpha value is -0.220. The summed E-state index contributed by atoms with van der Waals surface area (Å²) >= 11 is 1.94. The number of carbonyl (C=O) groups excluding carboxylic acids is 1. The number of amides is 1. The quantitative estimate of drug-likeness (QED) is 0.301. The van der Waals surface area contributed by atoms with Crippen LogP contribution in [0.25, 0.3) is 0 Å². The van der Waals surface area contributed by atoms with E-state index < -0.39 is 5.60 Å². The van der Waals surface area contributed by atoms with Gasteiger partial charge in [0.25, 0.3) is 0 Å². The van der Waals surface area contributed by atoms with Crippen LogP contribution in [0.1, 0.15) is 51.9 Å². The van der Waals surface area contributed by atoms with Crippen molar-refractivity contribution in [1.29, 1.82) is 0 Å². The van der Waals surface area contributed by atoms with Gasteiger partial charge in [-0.2, -0.15) is 11.8 Å². The van der Waals surface area contributed by atoms with E-state index in [1.807, 2.05) is 11.8 Å². The summed E-state index contributed by atoms with van der Waals surface area (Å²) in [4.78, 5) is 19.3. The molecule has 0 radical (unpaired) electrons. The third-order valence-corrected chi connectivity index (χ3v) is 6.84. The topological polar surface area (TPSA) is 77.0 Å². The molecule has 27 heavy (non-hydrogen) atoms. The molecule has 156 valence electrons. The van der Waals surface area contributed by atoms with Gasteiger partial charge in [-0.15, -0.1) is 24.0 Å². The maximum Gasteiger partial charge on any atom is 0.225 e.